The SMILES string of the molecule is C#CCOC1COCC1Br. The molecule has 2 atom stereocenters. The van der Waals surface area contributed by atoms with Crippen LogP contribution < -0.4 is 0 Å². The molecule has 0 bridgehead atoms. The van der Waals surface area contributed by atoms with Crippen LogP contribution in [0.1, 0.15) is 0 Å². The molecule has 0 spiro atoms. The molecule has 0 amide bonds. The number of rotatable bonds is 2. The number of hydrogen-bond acceptors (Lipinski definition) is 2. The second-order valence-corrected chi connectivity index (χ2v) is 3.28. The highest BCUT2D eigenvalue weighted by atomic mass is 79.9. The summed E-state index contributed by atoms with van der Waals surface area (Å²) in [7, 11) is 0. The van der Waals surface area contributed by atoms with Crippen LogP contribution in [0.4, 0.5) is 0 Å². The van der Waals surface area contributed by atoms with Crippen LogP contribution in [0, 0.1) is 12.3 Å². The Kier molecular flexibility index (Phi) is 3.20. The average Bonchev–Trinajstić information content (AvgIpc) is 2.31. The van der Waals surface area contributed by atoms with Crippen molar-refractivity contribution in [2.45, 2.75) is 10.9 Å². The lowest BCUT2D eigenvalue weighted by Gasteiger charge is -2.09. The maximum atomic E-state index is 5.26. The van der Waals surface area contributed by atoms with E-state index in [1.54, 1.807) is 0 Å². The van der Waals surface area contributed by atoms with Crippen molar-refractivity contribution in [1.29, 1.82) is 0 Å². The molecular weight excluding hydrogens is 196 g/mol. The normalized spacial score (nSPS) is 32.0. The molecule has 0 N–H and O–H groups in total. The van der Waals surface area contributed by atoms with Gasteiger partial charge in [0, 0.05) is 0 Å². The van der Waals surface area contributed by atoms with Crippen molar-refractivity contribution in [2.75, 3.05) is 19.8 Å². The molecule has 1 heterocycles. The van der Waals surface area contributed by atoms with Gasteiger partial charge in [0.15, 0.2) is 0 Å². The molecule has 1 fully saturated rings. The molecule has 1 aliphatic heterocycles. The Bertz CT molecular complexity index is 141. The van der Waals surface area contributed by atoms with Gasteiger partial charge in [-0.15, -0.1) is 6.42 Å². The van der Waals surface area contributed by atoms with Gasteiger partial charge in [0.05, 0.1) is 24.1 Å². The molecule has 0 aliphatic carbocycles. The lowest BCUT2D eigenvalue weighted by atomic mass is 10.3. The topological polar surface area (TPSA) is 18.5 Å². The summed E-state index contributed by atoms with van der Waals surface area (Å²) in [4.78, 5) is 0.306. The van der Waals surface area contributed by atoms with Gasteiger partial charge < -0.3 is 9.47 Å². The van der Waals surface area contributed by atoms with Crippen LogP contribution in [0.25, 0.3) is 0 Å². The van der Waals surface area contributed by atoms with E-state index in [2.05, 4.69) is 21.9 Å². The first kappa shape index (κ1) is 8.06. The Balaban J connectivity index is 2.21. The first-order chi connectivity index (χ1) is 4.84. The minimum atomic E-state index is 0.135. The van der Waals surface area contributed by atoms with Gasteiger partial charge in [-0.3, -0.25) is 0 Å². The third-order valence-corrected chi connectivity index (χ3v) is 2.20. The zero-order valence-electron chi connectivity index (χ0n) is 5.55. The van der Waals surface area contributed by atoms with E-state index in [4.69, 9.17) is 15.9 Å². The van der Waals surface area contributed by atoms with Crippen LogP contribution in [0.15, 0.2) is 0 Å². The van der Waals surface area contributed by atoms with Crippen LogP contribution >= 0.6 is 15.9 Å². The number of ether oxygens (including phenoxy) is 2. The first-order valence-electron chi connectivity index (χ1n) is 3.11. The summed E-state index contributed by atoms with van der Waals surface area (Å²) in [5.41, 5.74) is 0. The van der Waals surface area contributed by atoms with E-state index in [0.29, 0.717) is 18.0 Å². The van der Waals surface area contributed by atoms with Gasteiger partial charge in [-0.2, -0.15) is 0 Å². The Morgan fingerprint density at radius 2 is 2.50 bits per heavy atom. The molecule has 1 rings (SSSR count). The van der Waals surface area contributed by atoms with E-state index in [1.165, 1.54) is 0 Å². The van der Waals surface area contributed by atoms with E-state index >= 15 is 0 Å². The molecule has 1 aliphatic rings. The molecule has 0 aromatic heterocycles. The van der Waals surface area contributed by atoms with E-state index in [-0.39, 0.29) is 6.10 Å². The van der Waals surface area contributed by atoms with Crippen molar-refractivity contribution in [3.63, 3.8) is 0 Å². The van der Waals surface area contributed by atoms with Gasteiger partial charge in [-0.05, 0) is 0 Å². The molecule has 3 heteroatoms. The molecule has 56 valence electrons. The van der Waals surface area contributed by atoms with Crippen molar-refractivity contribution >= 4 is 15.9 Å². The Morgan fingerprint density at radius 1 is 1.70 bits per heavy atom. The fourth-order valence-electron chi connectivity index (χ4n) is 0.816. The van der Waals surface area contributed by atoms with Crippen LogP contribution in [0.5, 0.6) is 0 Å². The molecule has 2 nitrogen and oxygen atoms in total. The predicted octanol–water partition coefficient (Wildman–Crippen LogP) is 0.798. The summed E-state index contributed by atoms with van der Waals surface area (Å²) < 4.78 is 10.4. The fourth-order valence-corrected chi connectivity index (χ4v) is 1.31. The summed E-state index contributed by atoms with van der Waals surface area (Å²) in [6, 6.07) is 0. The molecule has 0 saturated carbocycles. The maximum Gasteiger partial charge on any atom is 0.108 e. The van der Waals surface area contributed by atoms with Crippen molar-refractivity contribution in [1.82, 2.24) is 0 Å². The smallest absolute Gasteiger partial charge is 0.108 e. The number of halogens is 1. The highest BCUT2D eigenvalue weighted by molar-refractivity contribution is 9.09. The lowest BCUT2D eigenvalue weighted by molar-refractivity contribution is 0.0651. The van der Waals surface area contributed by atoms with Gasteiger partial charge in [-0.25, -0.2) is 0 Å². The second kappa shape index (κ2) is 3.97. The standard InChI is InChI=1S/C7H9BrO2/c1-2-3-10-7-5-9-4-6(7)8/h1,6-7H,3-5H2. The van der Waals surface area contributed by atoms with Crippen LogP contribution in [0.3, 0.4) is 0 Å². The van der Waals surface area contributed by atoms with Gasteiger partial charge >= 0.3 is 0 Å². The van der Waals surface area contributed by atoms with Crippen molar-refractivity contribution in [2.24, 2.45) is 0 Å². The van der Waals surface area contributed by atoms with Crippen LogP contribution in [-0.4, -0.2) is 30.8 Å². The van der Waals surface area contributed by atoms with Gasteiger partial charge in [0.2, 0.25) is 0 Å². The number of hydrogen-bond donors (Lipinski definition) is 0. The van der Waals surface area contributed by atoms with Crippen molar-refractivity contribution in [3.8, 4) is 12.3 Å². The van der Waals surface area contributed by atoms with E-state index in [1.807, 2.05) is 0 Å². The van der Waals surface area contributed by atoms with Gasteiger partial charge in [-0.1, -0.05) is 21.9 Å². The van der Waals surface area contributed by atoms with Crippen LogP contribution in [0.2, 0.25) is 0 Å². The lowest BCUT2D eigenvalue weighted by Crippen LogP contribution is -2.22. The molecule has 1 saturated heterocycles. The minimum absolute atomic E-state index is 0.135. The average molecular weight is 205 g/mol. The largest absolute Gasteiger partial charge is 0.377 e. The van der Waals surface area contributed by atoms with Crippen LogP contribution in [-0.2, 0) is 9.47 Å². The highest BCUT2D eigenvalue weighted by Gasteiger charge is 2.25. The summed E-state index contributed by atoms with van der Waals surface area (Å²) >= 11 is 3.42. The quantitative estimate of drug-likeness (QED) is 0.490. The Morgan fingerprint density at radius 3 is 3.00 bits per heavy atom. The monoisotopic (exact) mass is 204 g/mol. The van der Waals surface area contributed by atoms with Gasteiger partial charge in [0.25, 0.3) is 0 Å². The Hall–Kier alpha value is -0.0400. The third kappa shape index (κ3) is 1.98. The number of alkyl halides is 1. The van der Waals surface area contributed by atoms with Gasteiger partial charge in [0.1, 0.15) is 6.61 Å². The molecular formula is C7H9BrO2. The predicted molar refractivity (Wildman–Crippen MR) is 42.1 cm³/mol. The molecule has 0 aromatic rings. The first-order valence-corrected chi connectivity index (χ1v) is 4.03. The zero-order chi connectivity index (χ0) is 7.40. The third-order valence-electron chi connectivity index (χ3n) is 1.34. The Labute approximate surface area is 69.0 Å². The second-order valence-electron chi connectivity index (χ2n) is 2.11. The summed E-state index contributed by atoms with van der Waals surface area (Å²) in [6.07, 6.45) is 5.16. The number of terminal acetylenes is 1. The molecule has 10 heavy (non-hydrogen) atoms. The fraction of sp³-hybridized carbons (Fsp3) is 0.714. The summed E-state index contributed by atoms with van der Waals surface area (Å²) in [5.74, 6) is 2.42. The maximum absolute atomic E-state index is 5.26. The van der Waals surface area contributed by atoms with Crippen molar-refractivity contribution < 1.29 is 9.47 Å². The van der Waals surface area contributed by atoms with E-state index < -0.39 is 0 Å². The highest BCUT2D eigenvalue weighted by Crippen LogP contribution is 2.16. The summed E-state index contributed by atoms with van der Waals surface area (Å²) in [6.45, 7) is 1.74. The summed E-state index contributed by atoms with van der Waals surface area (Å²) in [5, 5.41) is 0. The van der Waals surface area contributed by atoms with E-state index in [9.17, 15) is 0 Å². The minimum Gasteiger partial charge on any atom is -0.377 e. The van der Waals surface area contributed by atoms with Crippen molar-refractivity contribution in [3.05, 3.63) is 0 Å². The molecule has 0 radical (unpaired) electrons. The van der Waals surface area contributed by atoms with E-state index in [0.717, 1.165) is 6.61 Å². The zero-order valence-corrected chi connectivity index (χ0v) is 7.13. The molecule has 0 aromatic carbocycles. The molecule has 2 unspecified atom stereocenters.